The number of aryl methyl sites for hydroxylation is 1. The number of carbonyl (C=O) groups is 1. The number of alkyl halides is 3. The van der Waals surface area contributed by atoms with Gasteiger partial charge in [0.05, 0.1) is 16.6 Å². The summed E-state index contributed by atoms with van der Waals surface area (Å²) in [4.78, 5) is 28.9. The summed E-state index contributed by atoms with van der Waals surface area (Å²) in [5.41, 5.74) is 0.132. The number of hydrogen-bond acceptors (Lipinski definition) is 6. The molecule has 8 nitrogen and oxygen atoms in total. The number of aromatic nitrogens is 4. The average Bonchev–Trinajstić information content (AvgIpc) is 3.34. The molecule has 2 aromatic heterocycles. The van der Waals surface area contributed by atoms with Gasteiger partial charge in [-0.3, -0.25) is 13.9 Å². The summed E-state index contributed by atoms with van der Waals surface area (Å²) in [6.07, 6.45) is -5.48. The topological polar surface area (TPSA) is 92.2 Å². The fourth-order valence-electron chi connectivity index (χ4n) is 3.28. The lowest BCUT2D eigenvalue weighted by atomic mass is 10.1. The van der Waals surface area contributed by atoms with Gasteiger partial charge in [0.1, 0.15) is 6.54 Å². The van der Waals surface area contributed by atoms with Crippen LogP contribution in [0.25, 0.3) is 22.4 Å². The Balaban J connectivity index is 1.50. The molecule has 0 saturated heterocycles. The van der Waals surface area contributed by atoms with Gasteiger partial charge in [-0.2, -0.15) is 18.2 Å². The molecule has 0 fully saturated rings. The van der Waals surface area contributed by atoms with Crippen molar-refractivity contribution in [2.24, 2.45) is 7.05 Å². The predicted octanol–water partition coefficient (Wildman–Crippen LogP) is 3.71. The number of fused-ring (bicyclic) bond motifs is 1. The third-order valence-corrected chi connectivity index (χ3v) is 4.88. The van der Waals surface area contributed by atoms with Gasteiger partial charge in [-0.05, 0) is 31.2 Å². The first-order chi connectivity index (χ1) is 15.1. The highest BCUT2D eigenvalue weighted by Gasteiger charge is 2.31. The van der Waals surface area contributed by atoms with Gasteiger partial charge >= 0.3 is 17.8 Å². The number of para-hydroxylation sites is 2. The van der Waals surface area contributed by atoms with Crippen molar-refractivity contribution in [1.29, 1.82) is 0 Å². The summed E-state index contributed by atoms with van der Waals surface area (Å²) in [7, 11) is 1.60. The van der Waals surface area contributed by atoms with E-state index in [9.17, 15) is 22.8 Å². The predicted molar refractivity (Wildman–Crippen MR) is 106 cm³/mol. The molecule has 0 aliphatic carbocycles. The van der Waals surface area contributed by atoms with E-state index in [1.165, 1.54) is 28.2 Å². The third-order valence-electron chi connectivity index (χ3n) is 4.88. The Morgan fingerprint density at radius 1 is 1.16 bits per heavy atom. The zero-order valence-electron chi connectivity index (χ0n) is 17.0. The molecule has 4 rings (SSSR count). The number of hydrogen-bond donors (Lipinski definition) is 0. The van der Waals surface area contributed by atoms with E-state index in [0.717, 1.165) is 12.1 Å². The molecular weight excluding hydrogens is 429 g/mol. The van der Waals surface area contributed by atoms with Crippen LogP contribution >= 0.6 is 0 Å². The number of benzene rings is 2. The van der Waals surface area contributed by atoms with Crippen LogP contribution in [0.1, 0.15) is 24.5 Å². The van der Waals surface area contributed by atoms with Gasteiger partial charge < -0.3 is 9.26 Å². The largest absolute Gasteiger partial charge is 0.451 e. The second-order valence-electron chi connectivity index (χ2n) is 7.08. The Bertz CT molecular complexity index is 1350. The lowest BCUT2D eigenvalue weighted by Crippen LogP contribution is -2.27. The van der Waals surface area contributed by atoms with Crippen LogP contribution in [0.15, 0.2) is 57.8 Å². The van der Waals surface area contributed by atoms with Crippen molar-refractivity contribution in [2.75, 3.05) is 0 Å². The quantitative estimate of drug-likeness (QED) is 0.434. The standard InChI is InChI=1S/C21H17F3N4O4/c1-12(19-25-18(26-32-19)13-6-5-7-14(10-13)21(22,23)24)31-17(29)11-28-16-9-4-3-8-15(16)27(2)20(28)30/h3-10,12H,11H2,1-2H3. The molecule has 0 saturated carbocycles. The molecule has 1 atom stereocenters. The van der Waals surface area contributed by atoms with Crippen LogP contribution in [-0.4, -0.2) is 25.2 Å². The number of nitrogens with zero attached hydrogens (tertiary/aromatic N) is 4. The lowest BCUT2D eigenvalue weighted by molar-refractivity contribution is -0.150. The van der Waals surface area contributed by atoms with Crippen LogP contribution in [0.2, 0.25) is 0 Å². The molecule has 11 heteroatoms. The molecular formula is C21H17F3N4O4. The second-order valence-corrected chi connectivity index (χ2v) is 7.08. The van der Waals surface area contributed by atoms with Crippen LogP contribution in [0.3, 0.4) is 0 Å². The maximum Gasteiger partial charge on any atom is 0.416 e. The summed E-state index contributed by atoms with van der Waals surface area (Å²) in [6.45, 7) is 1.15. The third kappa shape index (κ3) is 4.01. The van der Waals surface area contributed by atoms with Crippen molar-refractivity contribution in [1.82, 2.24) is 19.3 Å². The van der Waals surface area contributed by atoms with Crippen molar-refractivity contribution in [3.63, 3.8) is 0 Å². The Morgan fingerprint density at radius 3 is 2.59 bits per heavy atom. The molecule has 0 aliphatic heterocycles. The van der Waals surface area contributed by atoms with Gasteiger partial charge in [0.2, 0.25) is 5.82 Å². The summed E-state index contributed by atoms with van der Waals surface area (Å²) in [5.74, 6) is -0.870. The van der Waals surface area contributed by atoms with E-state index in [1.54, 1.807) is 31.3 Å². The Kier molecular flexibility index (Phi) is 5.33. The van der Waals surface area contributed by atoms with Gasteiger partial charge in [-0.25, -0.2) is 4.79 Å². The first kappa shape index (κ1) is 21.3. The van der Waals surface area contributed by atoms with Gasteiger partial charge in [-0.1, -0.05) is 29.4 Å². The number of ether oxygens (including phenoxy) is 1. The fourth-order valence-corrected chi connectivity index (χ4v) is 3.28. The van der Waals surface area contributed by atoms with E-state index in [4.69, 9.17) is 9.26 Å². The van der Waals surface area contributed by atoms with E-state index in [0.29, 0.717) is 11.0 Å². The maximum absolute atomic E-state index is 12.9. The van der Waals surface area contributed by atoms with Crippen LogP contribution in [0, 0.1) is 0 Å². The van der Waals surface area contributed by atoms with Crippen molar-refractivity contribution in [3.8, 4) is 11.4 Å². The second kappa shape index (κ2) is 7.98. The van der Waals surface area contributed by atoms with E-state index < -0.39 is 23.8 Å². The Hall–Kier alpha value is -3.89. The van der Waals surface area contributed by atoms with Gasteiger partial charge in [0.15, 0.2) is 6.10 Å². The highest BCUT2D eigenvalue weighted by molar-refractivity contribution is 5.78. The number of esters is 1. The first-order valence-electron chi connectivity index (χ1n) is 9.50. The number of carbonyl (C=O) groups excluding carboxylic acids is 1. The molecule has 0 bridgehead atoms. The fraction of sp³-hybridized carbons (Fsp3) is 0.238. The van der Waals surface area contributed by atoms with Crippen molar-refractivity contribution >= 4 is 17.0 Å². The zero-order chi connectivity index (χ0) is 23.0. The molecule has 166 valence electrons. The number of halogens is 3. The smallest absolute Gasteiger partial charge is 0.416 e. The zero-order valence-corrected chi connectivity index (χ0v) is 17.0. The van der Waals surface area contributed by atoms with E-state index >= 15 is 0 Å². The van der Waals surface area contributed by atoms with Gasteiger partial charge in [0, 0.05) is 12.6 Å². The number of rotatable bonds is 5. The van der Waals surface area contributed by atoms with Gasteiger partial charge in [0.25, 0.3) is 5.89 Å². The summed E-state index contributed by atoms with van der Waals surface area (Å²) in [6, 6.07) is 11.5. The van der Waals surface area contributed by atoms with Crippen LogP contribution in [0.5, 0.6) is 0 Å². The summed E-state index contributed by atoms with van der Waals surface area (Å²) >= 11 is 0. The van der Waals surface area contributed by atoms with E-state index in [-0.39, 0.29) is 29.5 Å². The first-order valence-corrected chi connectivity index (χ1v) is 9.50. The molecule has 0 amide bonds. The Morgan fingerprint density at radius 2 is 1.88 bits per heavy atom. The molecule has 0 N–H and O–H groups in total. The SMILES string of the molecule is CC(OC(=O)Cn1c(=O)n(C)c2ccccc21)c1nc(-c2cccc(C(F)(F)F)c2)no1. The molecule has 1 unspecified atom stereocenters. The lowest BCUT2D eigenvalue weighted by Gasteiger charge is -2.09. The normalized spacial score (nSPS) is 12.8. The molecule has 4 aromatic rings. The monoisotopic (exact) mass is 446 g/mol. The van der Waals surface area contributed by atoms with Crippen LogP contribution in [-0.2, 0) is 29.3 Å². The molecule has 2 heterocycles. The van der Waals surface area contributed by atoms with E-state index in [1.807, 2.05) is 0 Å². The molecule has 32 heavy (non-hydrogen) atoms. The minimum Gasteiger partial charge on any atom is -0.451 e. The highest BCUT2D eigenvalue weighted by atomic mass is 19.4. The average molecular weight is 446 g/mol. The van der Waals surface area contributed by atoms with Crippen LogP contribution in [0.4, 0.5) is 13.2 Å². The van der Waals surface area contributed by atoms with Crippen molar-refractivity contribution in [3.05, 3.63) is 70.5 Å². The molecule has 0 aliphatic rings. The van der Waals surface area contributed by atoms with Gasteiger partial charge in [-0.15, -0.1) is 0 Å². The van der Waals surface area contributed by atoms with E-state index in [2.05, 4.69) is 10.1 Å². The number of imidazole rings is 1. The minimum absolute atomic E-state index is 0.0701. The Labute approximate surface area is 178 Å². The minimum atomic E-state index is -4.51. The molecule has 0 radical (unpaired) electrons. The summed E-state index contributed by atoms with van der Waals surface area (Å²) in [5, 5.41) is 3.68. The van der Waals surface area contributed by atoms with Crippen LogP contribution < -0.4 is 5.69 Å². The molecule has 2 aromatic carbocycles. The summed E-state index contributed by atoms with van der Waals surface area (Å²) < 4.78 is 51.8. The maximum atomic E-state index is 12.9. The van der Waals surface area contributed by atoms with Crippen molar-refractivity contribution < 1.29 is 27.2 Å². The van der Waals surface area contributed by atoms with Crippen molar-refractivity contribution in [2.45, 2.75) is 25.7 Å². The highest BCUT2D eigenvalue weighted by Crippen LogP contribution is 2.31. The molecule has 0 spiro atoms.